The predicted molar refractivity (Wildman–Crippen MR) is 81.7 cm³/mol. The normalized spacial score (nSPS) is 14.7. The molecule has 1 aromatic carbocycles. The van der Waals surface area contributed by atoms with Gasteiger partial charge in [0.15, 0.2) is 5.76 Å². The molecule has 0 radical (unpaired) electrons. The van der Waals surface area contributed by atoms with Crippen LogP contribution in [0.15, 0.2) is 35.1 Å². The van der Waals surface area contributed by atoms with Gasteiger partial charge in [0.2, 0.25) is 11.6 Å². The Kier molecular flexibility index (Phi) is 5.15. The summed E-state index contributed by atoms with van der Waals surface area (Å²) in [5, 5.41) is -0.127. The highest BCUT2D eigenvalue weighted by atomic mass is 35.5. The highest BCUT2D eigenvalue weighted by Crippen LogP contribution is 2.28. The number of carbonyl (C=O) groups is 2. The first kappa shape index (κ1) is 15.7. The molecule has 0 aliphatic heterocycles. The van der Waals surface area contributed by atoms with E-state index in [0.717, 1.165) is 13.1 Å². The summed E-state index contributed by atoms with van der Waals surface area (Å²) in [6.45, 7) is 6.94. The average Bonchev–Trinajstić information content (AvgIpc) is 2.52. The van der Waals surface area contributed by atoms with E-state index < -0.39 is 0 Å². The molecule has 1 aliphatic rings. The summed E-state index contributed by atoms with van der Waals surface area (Å²) in [5.41, 5.74) is 0.688. The van der Waals surface area contributed by atoms with Crippen molar-refractivity contribution >= 4 is 23.2 Å². The summed E-state index contributed by atoms with van der Waals surface area (Å²) in [4.78, 5) is 26.7. The van der Waals surface area contributed by atoms with Crippen molar-refractivity contribution in [1.82, 2.24) is 4.90 Å². The summed E-state index contributed by atoms with van der Waals surface area (Å²) >= 11 is 6.01. The number of nitrogens with zero attached hydrogens (tertiary/aromatic N) is 1. The molecule has 0 saturated heterocycles. The van der Waals surface area contributed by atoms with Gasteiger partial charge in [0.25, 0.3) is 0 Å². The lowest BCUT2D eigenvalue weighted by Crippen LogP contribution is -2.28. The number of likely N-dealkylation sites (N-methyl/N-ethyl adjacent to an activating group) is 1. The van der Waals surface area contributed by atoms with E-state index in [4.69, 9.17) is 16.3 Å². The molecule has 0 unspecified atom stereocenters. The second-order valence-electron chi connectivity index (χ2n) is 4.72. The minimum Gasteiger partial charge on any atom is -0.487 e. The van der Waals surface area contributed by atoms with Gasteiger partial charge in [0.05, 0.1) is 0 Å². The van der Waals surface area contributed by atoms with Gasteiger partial charge in [0, 0.05) is 17.7 Å². The summed E-state index contributed by atoms with van der Waals surface area (Å²) in [6.07, 6.45) is 0. The first-order valence-electron chi connectivity index (χ1n) is 7.03. The maximum absolute atomic E-state index is 12.4. The smallest absolute Gasteiger partial charge is 0.230 e. The van der Waals surface area contributed by atoms with Crippen LogP contribution in [0.2, 0.25) is 0 Å². The van der Waals surface area contributed by atoms with Crippen LogP contribution in [0.4, 0.5) is 0 Å². The Bertz CT molecular complexity index is 591. The molecule has 0 aromatic heterocycles. The minimum absolute atomic E-state index is 0.0347. The van der Waals surface area contributed by atoms with Crippen molar-refractivity contribution in [3.63, 3.8) is 0 Å². The first-order valence-corrected chi connectivity index (χ1v) is 7.41. The number of hydrogen-bond acceptors (Lipinski definition) is 4. The quantitative estimate of drug-likeness (QED) is 0.811. The van der Waals surface area contributed by atoms with Crippen LogP contribution in [0.5, 0.6) is 0 Å². The lowest BCUT2D eigenvalue weighted by molar-refractivity contribution is 0.0856. The summed E-state index contributed by atoms with van der Waals surface area (Å²) < 4.78 is 5.50. The van der Waals surface area contributed by atoms with Crippen LogP contribution >= 0.6 is 11.6 Å². The maximum Gasteiger partial charge on any atom is 0.230 e. The molecule has 1 aromatic rings. The van der Waals surface area contributed by atoms with E-state index in [1.165, 1.54) is 0 Å². The Labute approximate surface area is 129 Å². The van der Waals surface area contributed by atoms with E-state index in [9.17, 15) is 9.59 Å². The van der Waals surface area contributed by atoms with Gasteiger partial charge in [-0.1, -0.05) is 49.7 Å². The molecule has 0 N–H and O–H groups in total. The third-order valence-corrected chi connectivity index (χ3v) is 3.91. The van der Waals surface area contributed by atoms with Crippen LogP contribution in [0.3, 0.4) is 0 Å². The molecule has 2 rings (SSSR count). The van der Waals surface area contributed by atoms with Gasteiger partial charge in [-0.05, 0) is 13.1 Å². The van der Waals surface area contributed by atoms with Gasteiger partial charge in [-0.25, -0.2) is 0 Å². The van der Waals surface area contributed by atoms with Crippen molar-refractivity contribution in [3.05, 3.63) is 46.2 Å². The molecule has 0 atom stereocenters. The highest BCUT2D eigenvalue weighted by Gasteiger charge is 2.32. The predicted octanol–water partition coefficient (Wildman–Crippen LogP) is 2.87. The summed E-state index contributed by atoms with van der Waals surface area (Å²) in [7, 11) is 0. The van der Waals surface area contributed by atoms with Crippen molar-refractivity contribution in [2.24, 2.45) is 0 Å². The van der Waals surface area contributed by atoms with Crippen LogP contribution in [0.25, 0.3) is 0 Å². The van der Waals surface area contributed by atoms with Crippen molar-refractivity contribution in [2.75, 3.05) is 26.2 Å². The van der Waals surface area contributed by atoms with E-state index in [0.29, 0.717) is 24.3 Å². The minimum atomic E-state index is -0.357. The molecule has 0 saturated carbocycles. The zero-order valence-electron chi connectivity index (χ0n) is 12.2. The fourth-order valence-electron chi connectivity index (χ4n) is 2.27. The van der Waals surface area contributed by atoms with Crippen LogP contribution in [0, 0.1) is 0 Å². The van der Waals surface area contributed by atoms with Crippen LogP contribution in [-0.4, -0.2) is 42.7 Å². The average molecular weight is 308 g/mol. The Balaban J connectivity index is 2.15. The Morgan fingerprint density at radius 2 is 1.62 bits per heavy atom. The highest BCUT2D eigenvalue weighted by molar-refractivity contribution is 6.49. The van der Waals surface area contributed by atoms with E-state index in [1.54, 1.807) is 24.3 Å². The van der Waals surface area contributed by atoms with Gasteiger partial charge >= 0.3 is 0 Å². The van der Waals surface area contributed by atoms with E-state index >= 15 is 0 Å². The van der Waals surface area contributed by atoms with Gasteiger partial charge < -0.3 is 9.64 Å². The van der Waals surface area contributed by atoms with E-state index in [2.05, 4.69) is 18.7 Å². The molecule has 0 heterocycles. The molecular formula is C16H18ClNO3. The fourth-order valence-corrected chi connectivity index (χ4v) is 2.51. The molecular weight excluding hydrogens is 290 g/mol. The largest absolute Gasteiger partial charge is 0.487 e. The molecule has 0 spiro atoms. The number of fused-ring (bicyclic) bond motifs is 1. The van der Waals surface area contributed by atoms with Gasteiger partial charge in [0.1, 0.15) is 11.6 Å². The Hall–Kier alpha value is -1.65. The second kappa shape index (κ2) is 6.87. The number of ketones is 2. The number of Topliss-reactive ketones (excluding diaryl/α,β-unsaturated/α-hetero) is 2. The number of carbonyl (C=O) groups excluding carboxylic acids is 2. The van der Waals surface area contributed by atoms with E-state index in [-0.39, 0.29) is 22.4 Å². The second-order valence-corrected chi connectivity index (χ2v) is 5.10. The van der Waals surface area contributed by atoms with Gasteiger partial charge in [-0.3, -0.25) is 9.59 Å². The Morgan fingerprint density at radius 3 is 2.19 bits per heavy atom. The van der Waals surface area contributed by atoms with Crippen molar-refractivity contribution in [2.45, 2.75) is 13.8 Å². The van der Waals surface area contributed by atoms with Crippen LogP contribution < -0.4 is 0 Å². The first-order chi connectivity index (χ1) is 10.1. The number of hydrogen-bond donors (Lipinski definition) is 0. The van der Waals surface area contributed by atoms with Crippen molar-refractivity contribution < 1.29 is 14.3 Å². The van der Waals surface area contributed by atoms with Gasteiger partial charge in [-0.2, -0.15) is 0 Å². The molecule has 0 bridgehead atoms. The lowest BCUT2D eigenvalue weighted by atomic mass is 9.93. The topological polar surface area (TPSA) is 46.6 Å². The molecule has 4 nitrogen and oxygen atoms in total. The SMILES string of the molecule is CCN(CC)CCOC1=C(Cl)C(=O)c2ccccc2C1=O. The monoisotopic (exact) mass is 307 g/mol. The van der Waals surface area contributed by atoms with Crippen LogP contribution in [0.1, 0.15) is 34.6 Å². The van der Waals surface area contributed by atoms with Crippen molar-refractivity contribution in [3.8, 4) is 0 Å². The number of halogens is 1. The molecule has 0 fully saturated rings. The Morgan fingerprint density at radius 1 is 1.05 bits per heavy atom. The maximum atomic E-state index is 12.4. The fraction of sp³-hybridized carbons (Fsp3) is 0.375. The lowest BCUT2D eigenvalue weighted by Gasteiger charge is -2.21. The summed E-state index contributed by atoms with van der Waals surface area (Å²) in [6, 6.07) is 6.65. The molecule has 1 aliphatic carbocycles. The number of benzene rings is 1. The molecule has 21 heavy (non-hydrogen) atoms. The van der Waals surface area contributed by atoms with E-state index in [1.807, 2.05) is 0 Å². The van der Waals surface area contributed by atoms with Crippen LogP contribution in [-0.2, 0) is 4.74 Å². The zero-order chi connectivity index (χ0) is 15.4. The third kappa shape index (κ3) is 3.17. The van der Waals surface area contributed by atoms with Crippen molar-refractivity contribution in [1.29, 1.82) is 0 Å². The molecule has 112 valence electrons. The number of rotatable bonds is 6. The summed E-state index contributed by atoms with van der Waals surface area (Å²) in [5.74, 6) is -0.716. The third-order valence-electron chi connectivity index (χ3n) is 3.57. The standard InChI is InChI=1S/C16H18ClNO3/c1-3-18(4-2)9-10-21-16-13(17)14(19)11-7-5-6-8-12(11)15(16)20/h5-8H,3-4,9-10H2,1-2H3. The molecule has 5 heteroatoms. The number of ether oxygens (including phenoxy) is 1. The van der Waals surface area contributed by atoms with Gasteiger partial charge in [-0.15, -0.1) is 0 Å². The zero-order valence-corrected chi connectivity index (χ0v) is 12.9. The molecule has 0 amide bonds. The number of allylic oxidation sites excluding steroid dienone is 2.